The molecule has 0 aromatic heterocycles. The molecular formula is C26H25NO. The zero-order valence-corrected chi connectivity index (χ0v) is 16.0. The first-order chi connectivity index (χ1) is 13.7. The van der Waals surface area contributed by atoms with Crippen molar-refractivity contribution in [2.24, 2.45) is 0 Å². The summed E-state index contributed by atoms with van der Waals surface area (Å²) in [7, 11) is 0. The molecule has 1 aliphatic heterocycles. The number of benzene rings is 3. The normalized spacial score (nSPS) is 20.7. The maximum atomic E-state index is 11.0. The third kappa shape index (κ3) is 3.19. The van der Waals surface area contributed by atoms with Gasteiger partial charge in [-0.25, -0.2) is 0 Å². The number of phenols is 1. The highest BCUT2D eigenvalue weighted by atomic mass is 16.3. The van der Waals surface area contributed by atoms with Crippen LogP contribution in [0.25, 0.3) is 10.8 Å². The van der Waals surface area contributed by atoms with Gasteiger partial charge in [0.05, 0.1) is 12.1 Å². The number of rotatable bonds is 5. The first kappa shape index (κ1) is 18.3. The Morgan fingerprint density at radius 1 is 1.07 bits per heavy atom. The summed E-state index contributed by atoms with van der Waals surface area (Å²) >= 11 is 0. The summed E-state index contributed by atoms with van der Waals surface area (Å²) in [5.41, 5.74) is 2.07. The minimum absolute atomic E-state index is 0.0357. The molecule has 28 heavy (non-hydrogen) atoms. The van der Waals surface area contributed by atoms with Gasteiger partial charge < -0.3 is 5.11 Å². The molecule has 4 rings (SSSR count). The molecule has 0 unspecified atom stereocenters. The van der Waals surface area contributed by atoms with Crippen LogP contribution < -0.4 is 0 Å². The van der Waals surface area contributed by atoms with E-state index in [4.69, 9.17) is 6.42 Å². The van der Waals surface area contributed by atoms with E-state index < -0.39 is 0 Å². The van der Waals surface area contributed by atoms with Crippen molar-refractivity contribution in [2.75, 3.05) is 0 Å². The van der Waals surface area contributed by atoms with E-state index in [1.807, 2.05) is 42.5 Å². The van der Waals surface area contributed by atoms with E-state index in [0.717, 1.165) is 41.2 Å². The Balaban J connectivity index is 1.97. The molecule has 3 atom stereocenters. The fraction of sp³-hybridized carbons (Fsp3) is 0.231. The lowest BCUT2D eigenvalue weighted by Crippen LogP contribution is -2.39. The molecule has 0 saturated carbocycles. The Kier molecular flexibility index (Phi) is 5.19. The first-order valence-corrected chi connectivity index (χ1v) is 9.84. The minimum atomic E-state index is -0.110. The van der Waals surface area contributed by atoms with Crippen molar-refractivity contribution < 1.29 is 5.11 Å². The van der Waals surface area contributed by atoms with Gasteiger partial charge in [-0.15, -0.1) is 13.0 Å². The second-order valence-corrected chi connectivity index (χ2v) is 7.42. The van der Waals surface area contributed by atoms with E-state index in [2.05, 4.69) is 41.7 Å². The highest BCUT2D eigenvalue weighted by Crippen LogP contribution is 2.44. The van der Waals surface area contributed by atoms with Gasteiger partial charge >= 0.3 is 0 Å². The van der Waals surface area contributed by atoms with Gasteiger partial charge in [0.15, 0.2) is 0 Å². The van der Waals surface area contributed by atoms with Gasteiger partial charge in [-0.05, 0) is 41.7 Å². The molecule has 0 spiro atoms. The summed E-state index contributed by atoms with van der Waals surface area (Å²) in [5.74, 6) is 3.31. The van der Waals surface area contributed by atoms with Crippen LogP contribution in [0.5, 0.6) is 5.75 Å². The number of likely N-dealkylation sites (tertiary alicyclic amines) is 1. The van der Waals surface area contributed by atoms with Crippen LogP contribution in [0.1, 0.15) is 36.4 Å². The zero-order chi connectivity index (χ0) is 19.5. The number of phenolic OH excluding ortho intramolecular Hbond substituents is 1. The molecule has 1 heterocycles. The second kappa shape index (κ2) is 7.92. The van der Waals surface area contributed by atoms with Crippen molar-refractivity contribution in [3.05, 3.63) is 90.5 Å². The number of hydrogen-bond donors (Lipinski definition) is 1. The highest BCUT2D eigenvalue weighted by Gasteiger charge is 2.39. The van der Waals surface area contributed by atoms with Gasteiger partial charge in [0.1, 0.15) is 5.75 Å². The van der Waals surface area contributed by atoms with Gasteiger partial charge in [0.2, 0.25) is 0 Å². The highest BCUT2D eigenvalue weighted by molar-refractivity contribution is 5.88. The van der Waals surface area contributed by atoms with Crippen molar-refractivity contribution in [1.82, 2.24) is 4.90 Å². The molecule has 0 bridgehead atoms. The van der Waals surface area contributed by atoms with E-state index >= 15 is 0 Å². The van der Waals surface area contributed by atoms with Crippen LogP contribution in [0, 0.1) is 12.3 Å². The van der Waals surface area contributed by atoms with Crippen LogP contribution in [0.15, 0.2) is 79.4 Å². The summed E-state index contributed by atoms with van der Waals surface area (Å²) in [6.07, 6.45) is 10.8. The average molecular weight is 367 g/mol. The predicted molar refractivity (Wildman–Crippen MR) is 116 cm³/mol. The standard InChI is InChI=1S/C26H25NO/c1-3-10-22-17-16-21(4-2)27(22)26(20-12-6-5-7-13-20)25-23-14-9-8-11-19(23)15-18-24(25)28/h2-3,5-9,11-15,18,21-22,26,28H,1,10,16-17H2/t21-,22+,26-/m0/s1. The van der Waals surface area contributed by atoms with E-state index in [-0.39, 0.29) is 12.1 Å². The van der Waals surface area contributed by atoms with Gasteiger partial charge in [0.25, 0.3) is 0 Å². The quantitative estimate of drug-likeness (QED) is 0.463. The lowest BCUT2D eigenvalue weighted by Gasteiger charge is -2.37. The summed E-state index contributed by atoms with van der Waals surface area (Å²) < 4.78 is 0. The van der Waals surface area contributed by atoms with Gasteiger partial charge in [0, 0.05) is 11.6 Å². The lowest BCUT2D eigenvalue weighted by atomic mass is 9.90. The number of terminal acetylenes is 1. The summed E-state index contributed by atoms with van der Waals surface area (Å²) in [6.45, 7) is 3.95. The molecule has 0 radical (unpaired) electrons. The van der Waals surface area contributed by atoms with Gasteiger partial charge in [-0.1, -0.05) is 72.7 Å². The van der Waals surface area contributed by atoms with Gasteiger partial charge in [-0.2, -0.15) is 0 Å². The van der Waals surface area contributed by atoms with Crippen LogP contribution in [-0.4, -0.2) is 22.1 Å². The maximum absolute atomic E-state index is 11.0. The van der Waals surface area contributed by atoms with Gasteiger partial charge in [-0.3, -0.25) is 4.90 Å². The predicted octanol–water partition coefficient (Wildman–Crippen LogP) is 5.68. The molecule has 1 saturated heterocycles. The molecule has 140 valence electrons. The Morgan fingerprint density at radius 3 is 2.57 bits per heavy atom. The lowest BCUT2D eigenvalue weighted by molar-refractivity contribution is 0.177. The van der Waals surface area contributed by atoms with E-state index in [9.17, 15) is 5.11 Å². The number of fused-ring (bicyclic) bond motifs is 1. The molecule has 0 amide bonds. The summed E-state index contributed by atoms with van der Waals surface area (Å²) in [4.78, 5) is 2.42. The third-order valence-corrected chi connectivity index (χ3v) is 5.82. The SMILES string of the molecule is C#C[C@H]1CC[C@@H](CC=C)N1[C@@H](c1ccccc1)c1c(O)ccc2ccccc12. The second-order valence-electron chi connectivity index (χ2n) is 7.42. The van der Waals surface area contributed by atoms with Crippen molar-refractivity contribution in [3.8, 4) is 18.1 Å². The van der Waals surface area contributed by atoms with Crippen molar-refractivity contribution in [1.29, 1.82) is 0 Å². The van der Waals surface area contributed by atoms with Crippen LogP contribution >= 0.6 is 0 Å². The monoisotopic (exact) mass is 367 g/mol. The molecule has 1 N–H and O–H groups in total. The molecule has 1 aliphatic rings. The van der Waals surface area contributed by atoms with Crippen molar-refractivity contribution >= 4 is 10.8 Å². The summed E-state index contributed by atoms with van der Waals surface area (Å²) in [6, 6.07) is 22.6. The van der Waals surface area contributed by atoms with Crippen LogP contribution in [-0.2, 0) is 0 Å². The molecule has 0 aliphatic carbocycles. The fourth-order valence-corrected chi connectivity index (χ4v) is 4.59. The Bertz CT molecular complexity index is 1020. The Labute approximate surface area is 167 Å². The fourth-order valence-electron chi connectivity index (χ4n) is 4.59. The maximum Gasteiger partial charge on any atom is 0.121 e. The molecule has 3 aromatic rings. The number of nitrogens with zero attached hydrogens (tertiary/aromatic N) is 1. The largest absolute Gasteiger partial charge is 0.508 e. The van der Waals surface area contributed by atoms with Crippen LogP contribution in [0.2, 0.25) is 0 Å². The average Bonchev–Trinajstić information content (AvgIpc) is 3.13. The topological polar surface area (TPSA) is 23.5 Å². The minimum Gasteiger partial charge on any atom is -0.508 e. The van der Waals surface area contributed by atoms with Crippen LogP contribution in [0.3, 0.4) is 0 Å². The third-order valence-electron chi connectivity index (χ3n) is 5.82. The van der Waals surface area contributed by atoms with Crippen molar-refractivity contribution in [2.45, 2.75) is 37.4 Å². The van der Waals surface area contributed by atoms with E-state index in [0.29, 0.717) is 11.8 Å². The molecule has 2 heteroatoms. The summed E-state index contributed by atoms with van der Waals surface area (Å²) in [5, 5.41) is 13.2. The van der Waals surface area contributed by atoms with E-state index in [1.54, 1.807) is 6.07 Å². The zero-order valence-electron chi connectivity index (χ0n) is 16.0. The molecule has 1 fully saturated rings. The molecular weight excluding hydrogens is 342 g/mol. The number of aromatic hydroxyl groups is 1. The number of hydrogen-bond acceptors (Lipinski definition) is 2. The molecule has 2 nitrogen and oxygen atoms in total. The Hall–Kier alpha value is -3.02. The smallest absolute Gasteiger partial charge is 0.121 e. The van der Waals surface area contributed by atoms with E-state index in [1.165, 1.54) is 0 Å². The first-order valence-electron chi connectivity index (χ1n) is 9.84. The van der Waals surface area contributed by atoms with Crippen LogP contribution in [0.4, 0.5) is 0 Å². The Morgan fingerprint density at radius 2 is 1.82 bits per heavy atom. The molecule has 3 aromatic carbocycles. The van der Waals surface area contributed by atoms with Crippen molar-refractivity contribution in [3.63, 3.8) is 0 Å².